The highest BCUT2D eigenvalue weighted by Crippen LogP contribution is 2.43. The number of halogens is 2. The molecular weight excluding hydrogens is 840 g/mol. The second-order valence-corrected chi connectivity index (χ2v) is 19.1. The van der Waals surface area contributed by atoms with Gasteiger partial charge in [-0.15, -0.1) is 22.7 Å². The first kappa shape index (κ1) is 42.9. The van der Waals surface area contributed by atoms with Crippen molar-refractivity contribution in [2.45, 2.75) is 67.7 Å². The molecule has 0 aliphatic heterocycles. The van der Waals surface area contributed by atoms with Crippen molar-refractivity contribution in [2.24, 2.45) is 10.8 Å². The van der Waals surface area contributed by atoms with Gasteiger partial charge in [0.25, 0.3) is 0 Å². The molecule has 1 aliphatic carbocycles. The molecule has 6 aromatic rings. The summed E-state index contributed by atoms with van der Waals surface area (Å²) in [6.07, 6.45) is 2.83. The molecule has 13 nitrogen and oxygen atoms in total. The number of oxazole rings is 1. The number of anilines is 6. The van der Waals surface area contributed by atoms with Gasteiger partial charge >= 0.3 is 6.01 Å². The van der Waals surface area contributed by atoms with Gasteiger partial charge in [0, 0.05) is 31.1 Å². The Kier molecular flexibility index (Phi) is 13.0. The van der Waals surface area contributed by atoms with Crippen molar-refractivity contribution in [3.05, 3.63) is 68.1 Å². The van der Waals surface area contributed by atoms with Gasteiger partial charge in [-0.2, -0.15) is 4.98 Å². The molecule has 0 unspecified atom stereocenters. The summed E-state index contributed by atoms with van der Waals surface area (Å²) in [6, 6.07) is 10.9. The van der Waals surface area contributed by atoms with Gasteiger partial charge in [0.1, 0.15) is 17.2 Å². The summed E-state index contributed by atoms with van der Waals surface area (Å²) in [5.41, 5.74) is 3.68. The van der Waals surface area contributed by atoms with Crippen LogP contribution in [0.5, 0.6) is 11.5 Å². The minimum atomic E-state index is -0.545. The third kappa shape index (κ3) is 10.3. The summed E-state index contributed by atoms with van der Waals surface area (Å²) < 4.78 is 16.5. The number of fused-ring (bicyclic) bond motifs is 3. The first-order chi connectivity index (χ1) is 27.4. The fraction of sp³-hybridized carbons (Fsp3) is 0.350. The SMILES string of the molecule is COc1ccc(Cl)cc1Nc1nc(-c2oc(NC(=O)C(C)(C)C)nc2C)cs1.COc1ccc(Cl)cc1Nc1nc2c(s1)CCCc1nc(NC(=O)C(C)(C)C)sc1-2. The van der Waals surface area contributed by atoms with Crippen LogP contribution in [-0.2, 0) is 22.4 Å². The molecular formula is C40H44Cl2N8O5S3. The van der Waals surface area contributed by atoms with Crippen molar-refractivity contribution in [1.82, 2.24) is 19.9 Å². The fourth-order valence-corrected chi connectivity index (χ4v) is 8.56. The van der Waals surface area contributed by atoms with Crippen molar-refractivity contribution in [1.29, 1.82) is 0 Å². The van der Waals surface area contributed by atoms with E-state index in [1.165, 1.54) is 27.6 Å². The summed E-state index contributed by atoms with van der Waals surface area (Å²) >= 11 is 16.7. The molecule has 0 bridgehead atoms. The van der Waals surface area contributed by atoms with Crippen LogP contribution in [0.2, 0.25) is 10.0 Å². The topological polar surface area (TPSA) is 165 Å². The molecule has 0 fully saturated rings. The van der Waals surface area contributed by atoms with Crippen molar-refractivity contribution in [3.63, 3.8) is 0 Å². The molecule has 0 saturated carbocycles. The van der Waals surface area contributed by atoms with Crippen LogP contribution in [0.3, 0.4) is 0 Å². The molecule has 4 heterocycles. The summed E-state index contributed by atoms with van der Waals surface area (Å²) in [5, 5.41) is 17.3. The number of benzene rings is 2. The number of hydrogen-bond acceptors (Lipinski definition) is 14. The first-order valence-electron chi connectivity index (χ1n) is 18.2. The number of rotatable bonds is 9. The normalized spacial score (nSPS) is 12.3. The number of ether oxygens (including phenoxy) is 2. The maximum Gasteiger partial charge on any atom is 0.302 e. The number of carbonyl (C=O) groups excluding carboxylic acids is 2. The Balaban J connectivity index is 0.000000196. The highest BCUT2D eigenvalue weighted by atomic mass is 35.5. The van der Waals surface area contributed by atoms with Crippen LogP contribution in [-0.4, -0.2) is 46.0 Å². The Morgan fingerprint density at radius 1 is 0.759 bits per heavy atom. The third-order valence-electron chi connectivity index (χ3n) is 8.57. The number of thiazole rings is 3. The zero-order valence-electron chi connectivity index (χ0n) is 33.5. The smallest absolute Gasteiger partial charge is 0.302 e. The molecule has 18 heteroatoms. The van der Waals surface area contributed by atoms with E-state index in [0.717, 1.165) is 46.3 Å². The lowest BCUT2D eigenvalue weighted by atomic mass is 9.96. The van der Waals surface area contributed by atoms with Gasteiger partial charge in [-0.25, -0.2) is 15.0 Å². The van der Waals surface area contributed by atoms with Crippen LogP contribution < -0.4 is 30.7 Å². The predicted molar refractivity (Wildman–Crippen MR) is 236 cm³/mol. The van der Waals surface area contributed by atoms with Gasteiger partial charge in [0.2, 0.25) is 11.8 Å². The Hall–Kier alpha value is -4.74. The van der Waals surface area contributed by atoms with Crippen molar-refractivity contribution in [2.75, 3.05) is 35.5 Å². The van der Waals surface area contributed by atoms with Gasteiger partial charge in [0.15, 0.2) is 21.2 Å². The number of carbonyl (C=O) groups is 2. The third-order valence-corrected chi connectivity index (χ3v) is 11.8. The van der Waals surface area contributed by atoms with E-state index in [9.17, 15) is 9.59 Å². The van der Waals surface area contributed by atoms with Gasteiger partial charge in [0.05, 0.1) is 47.6 Å². The van der Waals surface area contributed by atoms with E-state index in [-0.39, 0.29) is 17.8 Å². The van der Waals surface area contributed by atoms with Crippen molar-refractivity contribution < 1.29 is 23.5 Å². The number of amides is 2. The minimum Gasteiger partial charge on any atom is -0.495 e. The van der Waals surface area contributed by atoms with Crippen LogP contribution in [0, 0.1) is 17.8 Å². The minimum absolute atomic E-state index is 0.0414. The van der Waals surface area contributed by atoms with Crippen LogP contribution in [0.15, 0.2) is 46.2 Å². The number of methoxy groups -OCH3 is 2. The number of hydrogen-bond donors (Lipinski definition) is 4. The lowest BCUT2D eigenvalue weighted by Crippen LogP contribution is -2.27. The molecule has 0 atom stereocenters. The number of nitrogens with one attached hydrogen (secondary N) is 4. The summed E-state index contributed by atoms with van der Waals surface area (Å²) in [5.74, 6) is 1.65. The number of aryl methyl sites for hydroxylation is 3. The molecule has 2 aromatic carbocycles. The quantitative estimate of drug-likeness (QED) is 0.109. The average molecular weight is 884 g/mol. The molecule has 4 N–H and O–H groups in total. The first-order valence-corrected chi connectivity index (χ1v) is 21.5. The predicted octanol–water partition coefficient (Wildman–Crippen LogP) is 11.6. The molecule has 58 heavy (non-hydrogen) atoms. The molecule has 306 valence electrons. The van der Waals surface area contributed by atoms with E-state index < -0.39 is 10.8 Å². The standard InChI is InChI=1S/C21H23ClN4O2S2.C19H21ClN4O3S/c1-21(2,3)18(27)26-20-23-12-6-5-7-15-16(17(12)30-20)25-19(29-15)24-13-10-11(22)8-9-14(13)28-4;1-10-15(27-17(21-10)24-16(25)19(2,3)4)13-9-28-18(23-13)22-12-8-11(20)6-7-14(12)26-5/h8-10H,5-7H2,1-4H3,(H,24,25)(H,23,26,27);6-9H,1-5H3,(H,22,23)(H,21,24,25). The van der Waals surface area contributed by atoms with Crippen molar-refractivity contribution >= 4 is 102 Å². The van der Waals surface area contributed by atoms with E-state index in [1.807, 2.05) is 59.1 Å². The molecule has 0 spiro atoms. The summed E-state index contributed by atoms with van der Waals surface area (Å²) in [6.45, 7) is 12.9. The lowest BCUT2D eigenvalue weighted by molar-refractivity contribution is -0.123. The number of aromatic nitrogens is 4. The second kappa shape index (κ2) is 17.6. The Labute approximate surface area is 359 Å². The van der Waals surface area contributed by atoms with Gasteiger partial charge < -0.3 is 29.8 Å². The molecule has 0 radical (unpaired) electrons. The van der Waals surface area contributed by atoms with Crippen molar-refractivity contribution in [3.8, 4) is 33.5 Å². The van der Waals surface area contributed by atoms with E-state index >= 15 is 0 Å². The van der Waals surface area contributed by atoms with Gasteiger partial charge in [-0.05, 0) is 62.6 Å². The van der Waals surface area contributed by atoms with Crippen LogP contribution in [0.1, 0.15) is 64.2 Å². The van der Waals surface area contributed by atoms with Gasteiger partial charge in [-0.3, -0.25) is 14.9 Å². The van der Waals surface area contributed by atoms with Crippen LogP contribution in [0.4, 0.5) is 32.8 Å². The summed E-state index contributed by atoms with van der Waals surface area (Å²) in [7, 11) is 3.22. The van der Waals surface area contributed by atoms with Gasteiger partial charge in [-0.1, -0.05) is 76.1 Å². The summed E-state index contributed by atoms with van der Waals surface area (Å²) in [4.78, 5) is 45.1. The monoisotopic (exact) mass is 882 g/mol. The number of nitrogens with zero attached hydrogens (tertiary/aromatic N) is 4. The zero-order valence-corrected chi connectivity index (χ0v) is 37.4. The van der Waals surface area contributed by atoms with Crippen LogP contribution >= 0.6 is 57.2 Å². The van der Waals surface area contributed by atoms with E-state index in [1.54, 1.807) is 56.7 Å². The van der Waals surface area contributed by atoms with Crippen LogP contribution in [0.25, 0.3) is 22.0 Å². The van der Waals surface area contributed by atoms with E-state index in [2.05, 4.69) is 36.2 Å². The molecule has 2 amide bonds. The Morgan fingerprint density at radius 2 is 1.36 bits per heavy atom. The maximum absolute atomic E-state index is 12.4. The second-order valence-electron chi connectivity index (χ2n) is 15.3. The lowest BCUT2D eigenvalue weighted by Gasteiger charge is -2.15. The molecule has 4 aromatic heterocycles. The molecule has 0 saturated heterocycles. The highest BCUT2D eigenvalue weighted by molar-refractivity contribution is 7.20. The Bertz CT molecular complexity index is 2440. The molecule has 1 aliphatic rings. The zero-order chi connectivity index (χ0) is 41.9. The van der Waals surface area contributed by atoms with E-state index in [0.29, 0.717) is 54.6 Å². The van der Waals surface area contributed by atoms with E-state index in [4.69, 9.17) is 42.1 Å². The average Bonchev–Trinajstić information content (AvgIpc) is 3.93. The Morgan fingerprint density at radius 3 is 1.97 bits per heavy atom. The highest BCUT2D eigenvalue weighted by Gasteiger charge is 2.27. The maximum atomic E-state index is 12.4. The fourth-order valence-electron chi connectivity index (χ4n) is 5.41. The molecule has 7 rings (SSSR count). The largest absolute Gasteiger partial charge is 0.495 e.